The maximum Gasteiger partial charge on any atom is 0.305 e. The molecule has 9 heteroatoms. The molecule has 164 valence electrons. The molecule has 0 amide bonds. The predicted molar refractivity (Wildman–Crippen MR) is 129 cm³/mol. The Morgan fingerprint density at radius 3 is 2.62 bits per heavy atom. The Hall–Kier alpha value is -2.87. The van der Waals surface area contributed by atoms with Gasteiger partial charge in [0.2, 0.25) is 0 Å². The second-order valence-corrected chi connectivity index (χ2v) is 9.06. The monoisotopic (exact) mass is 486 g/mol. The molecule has 2 heterocycles. The lowest BCUT2D eigenvalue weighted by atomic mass is 10.1. The van der Waals surface area contributed by atoms with Crippen LogP contribution in [-0.4, -0.2) is 32.2 Å². The number of thiazole rings is 1. The summed E-state index contributed by atoms with van der Waals surface area (Å²) < 4.78 is 1.97. The molecular weight excluding hydrogens is 467 g/mol. The number of carbonyl (C=O) groups is 1. The number of nitrogens with zero attached hydrogens (tertiary/aromatic N) is 4. The standard InChI is InChI=1S/C23H20Cl2N4O2S/c24-18-7-6-17(12-19(18)25)22-20(14-28-11-9-26-15-28)32-23(27-22)29(10-8-21(30)31)13-16-4-2-1-3-5-16/h1-7,9,11-12,15H,8,10,13-14H2,(H,30,31). The van der Waals surface area contributed by atoms with Gasteiger partial charge in [0.1, 0.15) is 0 Å². The number of carboxylic acids is 1. The summed E-state index contributed by atoms with van der Waals surface area (Å²) in [6.07, 6.45) is 5.40. The molecule has 0 bridgehead atoms. The van der Waals surface area contributed by atoms with Crippen LogP contribution in [0.15, 0.2) is 67.3 Å². The van der Waals surface area contributed by atoms with Crippen LogP contribution in [0.4, 0.5) is 5.13 Å². The van der Waals surface area contributed by atoms with Gasteiger partial charge < -0.3 is 14.6 Å². The van der Waals surface area contributed by atoms with Crippen molar-refractivity contribution in [3.05, 3.63) is 87.7 Å². The van der Waals surface area contributed by atoms with Gasteiger partial charge in [0, 0.05) is 31.0 Å². The number of hydrogen-bond acceptors (Lipinski definition) is 5. The van der Waals surface area contributed by atoms with Gasteiger partial charge in [-0.2, -0.15) is 0 Å². The fourth-order valence-corrected chi connectivity index (χ4v) is 4.69. The Balaban J connectivity index is 1.73. The zero-order valence-corrected chi connectivity index (χ0v) is 19.3. The van der Waals surface area contributed by atoms with Gasteiger partial charge in [0.05, 0.1) is 39.9 Å². The number of carboxylic acid groups (broad SMARTS) is 1. The molecule has 2 aromatic carbocycles. The molecule has 32 heavy (non-hydrogen) atoms. The number of aromatic nitrogens is 3. The van der Waals surface area contributed by atoms with E-state index in [4.69, 9.17) is 28.2 Å². The molecule has 0 atom stereocenters. The minimum atomic E-state index is -0.844. The minimum absolute atomic E-state index is 0.0192. The summed E-state index contributed by atoms with van der Waals surface area (Å²) >= 11 is 13.9. The maximum atomic E-state index is 11.3. The minimum Gasteiger partial charge on any atom is -0.481 e. The van der Waals surface area contributed by atoms with E-state index in [0.29, 0.717) is 29.7 Å². The molecule has 0 aliphatic carbocycles. The molecule has 0 saturated heterocycles. The summed E-state index contributed by atoms with van der Waals surface area (Å²) in [5, 5.41) is 11.0. The van der Waals surface area contributed by atoms with E-state index in [1.165, 1.54) is 11.3 Å². The lowest BCUT2D eigenvalue weighted by Gasteiger charge is -2.21. The molecule has 0 aliphatic rings. The third kappa shape index (κ3) is 5.48. The highest BCUT2D eigenvalue weighted by atomic mass is 35.5. The second kappa shape index (κ2) is 10.2. The summed E-state index contributed by atoms with van der Waals surface area (Å²) in [5.74, 6) is -0.844. The Bertz CT molecular complexity index is 1200. The average Bonchev–Trinajstić information content (AvgIpc) is 3.44. The Labute approximate surface area is 199 Å². The van der Waals surface area contributed by atoms with Crippen LogP contribution in [0.5, 0.6) is 0 Å². The fraction of sp³-hybridized carbons (Fsp3) is 0.174. The third-order valence-corrected chi connectivity index (χ3v) is 6.69. The smallest absolute Gasteiger partial charge is 0.305 e. The van der Waals surface area contributed by atoms with Gasteiger partial charge in [-0.05, 0) is 17.7 Å². The van der Waals surface area contributed by atoms with Crippen LogP contribution >= 0.6 is 34.5 Å². The quantitative estimate of drug-likeness (QED) is 0.321. The Kier molecular flexibility index (Phi) is 7.09. The van der Waals surface area contributed by atoms with Crippen molar-refractivity contribution >= 4 is 45.6 Å². The molecule has 0 fully saturated rings. The van der Waals surface area contributed by atoms with Crippen LogP contribution < -0.4 is 4.90 Å². The zero-order chi connectivity index (χ0) is 22.5. The van der Waals surface area contributed by atoms with Crippen molar-refractivity contribution in [3.8, 4) is 11.3 Å². The molecule has 6 nitrogen and oxygen atoms in total. The molecule has 0 spiro atoms. The maximum absolute atomic E-state index is 11.3. The van der Waals surface area contributed by atoms with Crippen LogP contribution in [0.2, 0.25) is 10.0 Å². The van der Waals surface area contributed by atoms with Gasteiger partial charge in [-0.3, -0.25) is 4.79 Å². The fourth-order valence-electron chi connectivity index (χ4n) is 3.27. The van der Waals surface area contributed by atoms with E-state index in [2.05, 4.69) is 4.98 Å². The van der Waals surface area contributed by atoms with Gasteiger partial charge in [0.15, 0.2) is 5.13 Å². The van der Waals surface area contributed by atoms with Gasteiger partial charge in [-0.25, -0.2) is 9.97 Å². The lowest BCUT2D eigenvalue weighted by molar-refractivity contribution is -0.136. The second-order valence-electron chi connectivity index (χ2n) is 7.18. The van der Waals surface area contributed by atoms with Crippen molar-refractivity contribution in [2.75, 3.05) is 11.4 Å². The number of aliphatic carboxylic acids is 1. The molecule has 0 saturated carbocycles. The molecule has 0 aliphatic heterocycles. The summed E-state index contributed by atoms with van der Waals surface area (Å²) in [5.41, 5.74) is 2.74. The first-order valence-electron chi connectivity index (χ1n) is 9.91. The van der Waals surface area contributed by atoms with Crippen LogP contribution in [-0.2, 0) is 17.9 Å². The van der Waals surface area contributed by atoms with Crippen molar-refractivity contribution in [2.24, 2.45) is 0 Å². The van der Waals surface area contributed by atoms with Gasteiger partial charge in [-0.1, -0.05) is 70.9 Å². The van der Waals surface area contributed by atoms with E-state index in [9.17, 15) is 9.90 Å². The van der Waals surface area contributed by atoms with Gasteiger partial charge in [-0.15, -0.1) is 0 Å². The first-order valence-corrected chi connectivity index (χ1v) is 11.5. The molecule has 4 aromatic rings. The summed E-state index contributed by atoms with van der Waals surface area (Å²) in [4.78, 5) is 23.4. The number of rotatable bonds is 9. The number of imidazole rings is 1. The molecular formula is C23H20Cl2N4O2S. The number of benzene rings is 2. The Morgan fingerprint density at radius 1 is 1.12 bits per heavy atom. The van der Waals surface area contributed by atoms with E-state index in [0.717, 1.165) is 26.8 Å². The molecule has 0 radical (unpaired) electrons. The summed E-state index contributed by atoms with van der Waals surface area (Å²) in [6.45, 7) is 1.50. The zero-order valence-electron chi connectivity index (χ0n) is 17.0. The van der Waals surface area contributed by atoms with Crippen LogP contribution in [0.1, 0.15) is 16.9 Å². The molecule has 2 aromatic heterocycles. The highest BCUT2D eigenvalue weighted by molar-refractivity contribution is 7.16. The number of halogens is 2. The highest BCUT2D eigenvalue weighted by Crippen LogP contribution is 2.36. The van der Waals surface area contributed by atoms with E-state index < -0.39 is 5.97 Å². The van der Waals surface area contributed by atoms with E-state index in [-0.39, 0.29) is 6.42 Å². The van der Waals surface area contributed by atoms with Gasteiger partial charge >= 0.3 is 5.97 Å². The van der Waals surface area contributed by atoms with Crippen molar-refractivity contribution < 1.29 is 9.90 Å². The summed E-state index contributed by atoms with van der Waals surface area (Å²) in [6, 6.07) is 15.4. The largest absolute Gasteiger partial charge is 0.481 e. The molecule has 4 rings (SSSR count). The SMILES string of the molecule is O=C(O)CCN(Cc1ccccc1)c1nc(-c2ccc(Cl)c(Cl)c2)c(Cn2ccnc2)s1. The van der Waals surface area contributed by atoms with E-state index in [1.807, 2.05) is 52.1 Å². The predicted octanol–water partition coefficient (Wildman–Crippen LogP) is 5.84. The molecule has 0 unspecified atom stereocenters. The first-order chi connectivity index (χ1) is 15.5. The van der Waals surface area contributed by atoms with Crippen molar-refractivity contribution in [3.63, 3.8) is 0 Å². The normalized spacial score (nSPS) is 10.9. The van der Waals surface area contributed by atoms with Crippen molar-refractivity contribution in [2.45, 2.75) is 19.5 Å². The third-order valence-electron chi connectivity index (χ3n) is 4.85. The van der Waals surface area contributed by atoms with Crippen molar-refractivity contribution in [1.29, 1.82) is 0 Å². The van der Waals surface area contributed by atoms with E-state index in [1.54, 1.807) is 24.7 Å². The van der Waals surface area contributed by atoms with Crippen LogP contribution in [0.25, 0.3) is 11.3 Å². The van der Waals surface area contributed by atoms with E-state index >= 15 is 0 Å². The summed E-state index contributed by atoms with van der Waals surface area (Å²) in [7, 11) is 0. The van der Waals surface area contributed by atoms with Crippen LogP contribution in [0, 0.1) is 0 Å². The van der Waals surface area contributed by atoms with Crippen molar-refractivity contribution in [1.82, 2.24) is 14.5 Å². The highest BCUT2D eigenvalue weighted by Gasteiger charge is 2.20. The topological polar surface area (TPSA) is 71.2 Å². The first kappa shape index (κ1) is 22.3. The van der Waals surface area contributed by atoms with Gasteiger partial charge in [0.25, 0.3) is 0 Å². The lowest BCUT2D eigenvalue weighted by Crippen LogP contribution is -2.25. The van der Waals surface area contributed by atoms with Crippen LogP contribution in [0.3, 0.4) is 0 Å². The number of anilines is 1. The molecule has 1 N–H and O–H groups in total. The number of hydrogen-bond donors (Lipinski definition) is 1. The Morgan fingerprint density at radius 2 is 1.94 bits per heavy atom. The average molecular weight is 487 g/mol.